The molecule has 0 saturated heterocycles. The van der Waals surface area contributed by atoms with Gasteiger partial charge in [0, 0.05) is 31.7 Å². The molecule has 0 amide bonds. The van der Waals surface area contributed by atoms with Crippen LogP contribution in [0.25, 0.3) is 0 Å². The maximum Gasteiger partial charge on any atom is 0.244 e. The van der Waals surface area contributed by atoms with Crippen molar-refractivity contribution in [1.82, 2.24) is 4.31 Å². The predicted octanol–water partition coefficient (Wildman–Crippen LogP) is 2.16. The molecule has 0 aromatic carbocycles. The van der Waals surface area contributed by atoms with E-state index in [0.29, 0.717) is 18.1 Å². The Morgan fingerprint density at radius 2 is 2.10 bits per heavy atom. The van der Waals surface area contributed by atoms with Crippen LogP contribution >= 0.6 is 22.9 Å². The molecule has 0 spiro atoms. The van der Waals surface area contributed by atoms with E-state index in [2.05, 4.69) is 0 Å². The molecule has 0 aliphatic carbocycles. The van der Waals surface area contributed by atoms with E-state index >= 15 is 0 Å². The Labute approximate surface area is 129 Å². The van der Waals surface area contributed by atoms with Gasteiger partial charge in [0.1, 0.15) is 0 Å². The van der Waals surface area contributed by atoms with Crippen LogP contribution < -0.4 is 0 Å². The lowest BCUT2D eigenvalue weighted by Gasteiger charge is -2.27. The second kappa shape index (κ2) is 8.31. The number of alkyl halides is 1. The fourth-order valence-electron chi connectivity index (χ4n) is 1.87. The summed E-state index contributed by atoms with van der Waals surface area (Å²) in [5.41, 5.74) is 0. The monoisotopic (exact) mass is 341 g/mol. The maximum absolute atomic E-state index is 12.8. The average Bonchev–Trinajstić information content (AvgIpc) is 2.88. The van der Waals surface area contributed by atoms with Gasteiger partial charge in [0.05, 0.1) is 24.0 Å². The molecule has 1 heterocycles. The van der Waals surface area contributed by atoms with Crippen molar-refractivity contribution in [2.24, 2.45) is 0 Å². The van der Waals surface area contributed by atoms with Crippen molar-refractivity contribution in [3.63, 3.8) is 0 Å². The summed E-state index contributed by atoms with van der Waals surface area (Å²) < 4.78 is 37.0. The van der Waals surface area contributed by atoms with Crippen LogP contribution in [0.3, 0.4) is 0 Å². The number of rotatable bonds is 9. The fourth-order valence-corrected chi connectivity index (χ4v) is 5.14. The Kier molecular flexibility index (Phi) is 7.42. The summed E-state index contributed by atoms with van der Waals surface area (Å²) in [7, 11) is -0.505. The minimum Gasteiger partial charge on any atom is -0.383 e. The second-order valence-electron chi connectivity index (χ2n) is 4.25. The van der Waals surface area contributed by atoms with Gasteiger partial charge in [-0.05, 0) is 18.4 Å². The van der Waals surface area contributed by atoms with Gasteiger partial charge in [0.2, 0.25) is 10.0 Å². The number of hydrogen-bond acceptors (Lipinski definition) is 5. The molecule has 8 heteroatoms. The molecule has 0 N–H and O–H groups in total. The van der Waals surface area contributed by atoms with Crippen molar-refractivity contribution >= 4 is 33.0 Å². The van der Waals surface area contributed by atoms with Crippen molar-refractivity contribution < 1.29 is 17.9 Å². The lowest BCUT2D eigenvalue weighted by atomic mass is 10.3. The van der Waals surface area contributed by atoms with Gasteiger partial charge >= 0.3 is 0 Å². The van der Waals surface area contributed by atoms with E-state index < -0.39 is 10.0 Å². The highest BCUT2D eigenvalue weighted by Gasteiger charge is 2.31. The third-order valence-corrected chi connectivity index (χ3v) is 6.40. The second-order valence-corrected chi connectivity index (χ2v) is 7.38. The first-order valence-electron chi connectivity index (χ1n) is 6.11. The number of nitrogens with zero attached hydrogens (tertiary/aromatic N) is 1. The molecule has 0 saturated carbocycles. The van der Waals surface area contributed by atoms with Crippen LogP contribution in [0.5, 0.6) is 0 Å². The number of ether oxygens (including phenoxy) is 2. The molecule has 1 aromatic rings. The smallest absolute Gasteiger partial charge is 0.244 e. The zero-order chi connectivity index (χ0) is 15.2. The highest BCUT2D eigenvalue weighted by atomic mass is 35.5. The highest BCUT2D eigenvalue weighted by Crippen LogP contribution is 2.27. The molecular weight excluding hydrogens is 322 g/mol. The number of hydrogen-bond donors (Lipinski definition) is 0. The van der Waals surface area contributed by atoms with Crippen molar-refractivity contribution in [2.45, 2.75) is 23.7 Å². The third kappa shape index (κ3) is 4.16. The number of halogens is 1. The van der Waals surface area contributed by atoms with Crippen molar-refractivity contribution in [3.05, 3.63) is 16.3 Å². The molecule has 0 bridgehead atoms. The fraction of sp³-hybridized carbons (Fsp3) is 0.667. The first kappa shape index (κ1) is 17.9. The van der Waals surface area contributed by atoms with Crippen molar-refractivity contribution in [1.29, 1.82) is 0 Å². The molecule has 0 aliphatic rings. The van der Waals surface area contributed by atoms with E-state index in [0.717, 1.165) is 0 Å². The van der Waals surface area contributed by atoms with E-state index in [-0.39, 0.29) is 23.4 Å². The Morgan fingerprint density at radius 3 is 2.65 bits per heavy atom. The molecule has 116 valence electrons. The molecule has 0 fully saturated rings. The SMILES string of the molecule is COCCN(C(C)COC)S(=O)(=O)c1ccsc1CCl. The van der Waals surface area contributed by atoms with Crippen LogP contribution in [-0.2, 0) is 25.4 Å². The largest absolute Gasteiger partial charge is 0.383 e. The van der Waals surface area contributed by atoms with Crippen LogP contribution in [0.15, 0.2) is 16.3 Å². The zero-order valence-corrected chi connectivity index (χ0v) is 14.2. The minimum atomic E-state index is -3.59. The van der Waals surface area contributed by atoms with Crippen LogP contribution in [0.2, 0.25) is 0 Å². The quantitative estimate of drug-likeness (QED) is 0.646. The third-order valence-electron chi connectivity index (χ3n) is 2.83. The lowest BCUT2D eigenvalue weighted by molar-refractivity contribution is 0.119. The summed E-state index contributed by atoms with van der Waals surface area (Å²) in [5, 5.41) is 1.74. The summed E-state index contributed by atoms with van der Waals surface area (Å²) >= 11 is 7.15. The summed E-state index contributed by atoms with van der Waals surface area (Å²) in [6, 6.07) is 1.32. The topological polar surface area (TPSA) is 55.8 Å². The van der Waals surface area contributed by atoms with Crippen LogP contribution in [0.1, 0.15) is 11.8 Å². The predicted molar refractivity (Wildman–Crippen MR) is 81.0 cm³/mol. The van der Waals surface area contributed by atoms with Crippen molar-refractivity contribution in [3.8, 4) is 0 Å². The van der Waals surface area contributed by atoms with Gasteiger partial charge in [-0.25, -0.2) is 8.42 Å². The number of thiophene rings is 1. The highest BCUT2D eigenvalue weighted by molar-refractivity contribution is 7.89. The van der Waals surface area contributed by atoms with Crippen LogP contribution in [0, 0.1) is 0 Å². The molecular formula is C12H20ClNO4S2. The Bertz CT molecular complexity index is 503. The molecule has 1 unspecified atom stereocenters. The molecule has 1 atom stereocenters. The molecule has 0 radical (unpaired) electrons. The van der Waals surface area contributed by atoms with E-state index in [1.807, 2.05) is 6.92 Å². The van der Waals surface area contributed by atoms with Gasteiger partial charge in [-0.1, -0.05) is 0 Å². The summed E-state index contributed by atoms with van der Waals surface area (Å²) in [5.74, 6) is 0.184. The van der Waals surface area contributed by atoms with Gasteiger partial charge < -0.3 is 9.47 Å². The normalized spacial score (nSPS) is 13.8. The standard InChI is InChI=1S/C12H20ClNO4S2/c1-10(9-18-3)14(5-6-17-2)20(15,16)12-4-7-19-11(12)8-13/h4,7,10H,5-6,8-9H2,1-3H3. The molecule has 1 aromatic heterocycles. The van der Waals surface area contributed by atoms with Gasteiger partial charge in [-0.3, -0.25) is 0 Å². The van der Waals surface area contributed by atoms with Crippen LogP contribution in [0.4, 0.5) is 0 Å². The van der Waals surface area contributed by atoms with E-state index in [9.17, 15) is 8.42 Å². The van der Waals surface area contributed by atoms with Gasteiger partial charge in [-0.15, -0.1) is 22.9 Å². The minimum absolute atomic E-state index is 0.184. The summed E-state index contributed by atoms with van der Waals surface area (Å²) in [6.07, 6.45) is 0. The molecule has 5 nitrogen and oxygen atoms in total. The lowest BCUT2D eigenvalue weighted by Crippen LogP contribution is -2.43. The number of methoxy groups -OCH3 is 2. The molecule has 0 aliphatic heterocycles. The van der Waals surface area contributed by atoms with E-state index in [4.69, 9.17) is 21.1 Å². The Morgan fingerprint density at radius 1 is 1.40 bits per heavy atom. The Balaban J connectivity index is 3.10. The summed E-state index contributed by atoms with van der Waals surface area (Å²) in [4.78, 5) is 0.926. The Hall–Kier alpha value is -0.180. The summed E-state index contributed by atoms with van der Waals surface area (Å²) in [6.45, 7) is 2.74. The molecule has 20 heavy (non-hydrogen) atoms. The first-order chi connectivity index (χ1) is 9.48. The van der Waals surface area contributed by atoms with Crippen molar-refractivity contribution in [2.75, 3.05) is 34.0 Å². The maximum atomic E-state index is 12.8. The number of sulfonamides is 1. The zero-order valence-electron chi connectivity index (χ0n) is 11.8. The van der Waals surface area contributed by atoms with Gasteiger partial charge in [-0.2, -0.15) is 4.31 Å². The van der Waals surface area contributed by atoms with Gasteiger partial charge in [0.25, 0.3) is 0 Å². The van der Waals surface area contributed by atoms with Gasteiger partial charge in [0.15, 0.2) is 0 Å². The average molecular weight is 342 g/mol. The van der Waals surface area contributed by atoms with E-state index in [1.54, 1.807) is 25.7 Å². The van der Waals surface area contributed by atoms with E-state index in [1.165, 1.54) is 15.6 Å². The van der Waals surface area contributed by atoms with Crippen LogP contribution in [-0.4, -0.2) is 52.7 Å². The first-order valence-corrected chi connectivity index (χ1v) is 8.96. The molecule has 1 rings (SSSR count).